The van der Waals surface area contributed by atoms with Crippen molar-refractivity contribution >= 4 is 17.3 Å². The van der Waals surface area contributed by atoms with Gasteiger partial charge in [0.15, 0.2) is 11.5 Å². The maximum Gasteiger partial charge on any atom is 0.161 e. The predicted molar refractivity (Wildman–Crippen MR) is 83.5 cm³/mol. The van der Waals surface area contributed by atoms with Gasteiger partial charge in [-0.25, -0.2) is 4.98 Å². The molecule has 2 heterocycles. The predicted octanol–water partition coefficient (Wildman–Crippen LogP) is 3.99. The molecule has 1 aliphatic rings. The van der Waals surface area contributed by atoms with E-state index < -0.39 is 0 Å². The Balaban J connectivity index is 1.78. The van der Waals surface area contributed by atoms with Crippen molar-refractivity contribution in [1.29, 1.82) is 0 Å². The van der Waals surface area contributed by atoms with Crippen molar-refractivity contribution in [1.82, 2.24) is 4.98 Å². The molecule has 0 amide bonds. The Morgan fingerprint density at radius 1 is 1.19 bits per heavy atom. The number of nitrogens with one attached hydrogen (secondary N) is 1. The van der Waals surface area contributed by atoms with Crippen LogP contribution in [0.5, 0.6) is 11.5 Å². The minimum Gasteiger partial charge on any atom is -0.486 e. The molecule has 1 aliphatic heterocycles. The van der Waals surface area contributed by atoms with Gasteiger partial charge in [-0.05, 0) is 43.2 Å². The molecule has 110 valence electrons. The highest BCUT2D eigenvalue weighted by Crippen LogP contribution is 2.33. The third-order valence-electron chi connectivity index (χ3n) is 3.46. The van der Waals surface area contributed by atoms with Crippen molar-refractivity contribution in [2.24, 2.45) is 0 Å². The number of ether oxygens (including phenoxy) is 2. The van der Waals surface area contributed by atoms with Gasteiger partial charge in [-0.3, -0.25) is 0 Å². The Kier molecular flexibility index (Phi) is 3.88. The summed E-state index contributed by atoms with van der Waals surface area (Å²) in [6.07, 6.45) is 1.74. The van der Waals surface area contributed by atoms with Gasteiger partial charge in [-0.1, -0.05) is 17.7 Å². The summed E-state index contributed by atoms with van der Waals surface area (Å²) in [6, 6.07) is 8.13. The molecular weight excluding hydrogens is 288 g/mol. The van der Waals surface area contributed by atoms with Crippen LogP contribution in [0, 0.1) is 6.92 Å². The Morgan fingerprint density at radius 2 is 1.95 bits per heavy atom. The molecule has 0 radical (unpaired) electrons. The first-order chi connectivity index (χ1) is 10.1. The maximum absolute atomic E-state index is 5.94. The zero-order chi connectivity index (χ0) is 14.8. The van der Waals surface area contributed by atoms with Crippen LogP contribution < -0.4 is 14.8 Å². The number of halogens is 1. The van der Waals surface area contributed by atoms with Gasteiger partial charge in [-0.2, -0.15) is 0 Å². The highest BCUT2D eigenvalue weighted by atomic mass is 35.5. The lowest BCUT2D eigenvalue weighted by atomic mass is 10.1. The highest BCUT2D eigenvalue weighted by molar-refractivity contribution is 6.30. The molecule has 4 nitrogen and oxygen atoms in total. The Bertz CT molecular complexity index is 661. The zero-order valence-corrected chi connectivity index (χ0v) is 12.8. The number of anilines is 1. The van der Waals surface area contributed by atoms with Crippen LogP contribution in [0.1, 0.15) is 24.1 Å². The fourth-order valence-electron chi connectivity index (χ4n) is 2.30. The fourth-order valence-corrected chi connectivity index (χ4v) is 2.40. The smallest absolute Gasteiger partial charge is 0.161 e. The van der Waals surface area contributed by atoms with Crippen LogP contribution in [0.25, 0.3) is 0 Å². The second-order valence-corrected chi connectivity index (χ2v) is 5.46. The minimum atomic E-state index is 0.128. The number of hydrogen-bond acceptors (Lipinski definition) is 4. The maximum atomic E-state index is 5.94. The summed E-state index contributed by atoms with van der Waals surface area (Å²) < 4.78 is 11.2. The molecule has 3 rings (SSSR count). The van der Waals surface area contributed by atoms with E-state index in [2.05, 4.69) is 17.2 Å². The van der Waals surface area contributed by atoms with Crippen LogP contribution in [0.15, 0.2) is 30.5 Å². The molecule has 0 aliphatic carbocycles. The number of benzene rings is 1. The third kappa shape index (κ3) is 3.05. The molecule has 0 fully saturated rings. The van der Waals surface area contributed by atoms with E-state index in [-0.39, 0.29) is 6.04 Å². The van der Waals surface area contributed by atoms with Crippen molar-refractivity contribution in [2.75, 3.05) is 18.5 Å². The van der Waals surface area contributed by atoms with Gasteiger partial charge in [0, 0.05) is 6.04 Å². The molecular formula is C16H17ClN2O2. The van der Waals surface area contributed by atoms with Gasteiger partial charge in [0.2, 0.25) is 0 Å². The summed E-state index contributed by atoms with van der Waals surface area (Å²) in [4.78, 5) is 4.15. The van der Waals surface area contributed by atoms with Gasteiger partial charge in [0.1, 0.15) is 18.4 Å². The molecule has 0 spiro atoms. The quantitative estimate of drug-likeness (QED) is 0.871. The topological polar surface area (TPSA) is 43.4 Å². The summed E-state index contributed by atoms with van der Waals surface area (Å²) in [5, 5.41) is 3.95. The van der Waals surface area contributed by atoms with Crippen molar-refractivity contribution in [3.63, 3.8) is 0 Å². The Labute approximate surface area is 129 Å². The van der Waals surface area contributed by atoms with Gasteiger partial charge in [-0.15, -0.1) is 0 Å². The van der Waals surface area contributed by atoms with Crippen molar-refractivity contribution < 1.29 is 9.47 Å². The normalized spacial score (nSPS) is 14.6. The third-order valence-corrected chi connectivity index (χ3v) is 3.86. The molecule has 2 aromatic rings. The van der Waals surface area contributed by atoms with E-state index in [1.165, 1.54) is 0 Å². The Hall–Kier alpha value is -1.94. The summed E-state index contributed by atoms with van der Waals surface area (Å²) in [5.74, 6) is 1.61. The fraction of sp³-hybridized carbons (Fsp3) is 0.312. The zero-order valence-electron chi connectivity index (χ0n) is 12.0. The van der Waals surface area contributed by atoms with Gasteiger partial charge in [0.25, 0.3) is 0 Å². The number of pyridine rings is 1. The second-order valence-electron chi connectivity index (χ2n) is 5.10. The SMILES string of the molecule is Cc1cc(NC(C)c2ccc3c(c2)OCCO3)cnc1Cl. The second kappa shape index (κ2) is 5.82. The molecule has 1 N–H and O–H groups in total. The van der Waals surface area contributed by atoms with Crippen LogP contribution in [0.2, 0.25) is 5.15 Å². The van der Waals surface area contributed by atoms with Crippen molar-refractivity contribution in [3.05, 3.63) is 46.7 Å². The summed E-state index contributed by atoms with van der Waals surface area (Å²) in [6.45, 7) is 5.24. The standard InChI is InChI=1S/C16H17ClN2O2/c1-10-7-13(9-18-16(10)17)19-11(2)12-3-4-14-15(8-12)21-6-5-20-14/h3-4,7-9,11,19H,5-6H2,1-2H3. The van der Waals surface area contributed by atoms with Gasteiger partial charge < -0.3 is 14.8 Å². The number of aryl methyl sites for hydroxylation is 1. The molecule has 0 saturated carbocycles. The average Bonchev–Trinajstić information content (AvgIpc) is 2.50. The molecule has 1 aromatic carbocycles. The molecule has 1 aromatic heterocycles. The molecule has 0 saturated heterocycles. The van der Waals surface area contributed by atoms with Crippen LogP contribution in [0.3, 0.4) is 0 Å². The van der Waals surface area contributed by atoms with Crippen molar-refractivity contribution in [3.8, 4) is 11.5 Å². The molecule has 0 bridgehead atoms. The molecule has 1 unspecified atom stereocenters. The molecule has 21 heavy (non-hydrogen) atoms. The summed E-state index contributed by atoms with van der Waals surface area (Å²) >= 11 is 5.94. The van der Waals surface area contributed by atoms with E-state index in [1.807, 2.05) is 31.2 Å². The summed E-state index contributed by atoms with van der Waals surface area (Å²) in [5.41, 5.74) is 3.03. The van der Waals surface area contributed by atoms with E-state index in [4.69, 9.17) is 21.1 Å². The van der Waals surface area contributed by atoms with Gasteiger partial charge in [0.05, 0.1) is 11.9 Å². The largest absolute Gasteiger partial charge is 0.486 e. The highest BCUT2D eigenvalue weighted by Gasteiger charge is 2.14. The van der Waals surface area contributed by atoms with Gasteiger partial charge >= 0.3 is 0 Å². The first-order valence-corrected chi connectivity index (χ1v) is 7.29. The van der Waals surface area contributed by atoms with E-state index >= 15 is 0 Å². The van der Waals surface area contributed by atoms with Crippen LogP contribution in [0.4, 0.5) is 5.69 Å². The van der Waals surface area contributed by atoms with Crippen LogP contribution >= 0.6 is 11.6 Å². The first kappa shape index (κ1) is 14.0. The Morgan fingerprint density at radius 3 is 2.71 bits per heavy atom. The van der Waals surface area contributed by atoms with E-state index in [1.54, 1.807) is 6.20 Å². The molecule has 5 heteroatoms. The van der Waals surface area contributed by atoms with E-state index in [0.29, 0.717) is 18.4 Å². The average molecular weight is 305 g/mol. The molecule has 1 atom stereocenters. The minimum absolute atomic E-state index is 0.128. The van der Waals surface area contributed by atoms with Crippen LogP contribution in [-0.4, -0.2) is 18.2 Å². The first-order valence-electron chi connectivity index (χ1n) is 6.92. The van der Waals surface area contributed by atoms with Crippen molar-refractivity contribution in [2.45, 2.75) is 19.9 Å². The number of aromatic nitrogens is 1. The lowest BCUT2D eigenvalue weighted by Gasteiger charge is -2.21. The number of hydrogen-bond donors (Lipinski definition) is 1. The number of nitrogens with zero attached hydrogens (tertiary/aromatic N) is 1. The van der Waals surface area contributed by atoms with E-state index in [9.17, 15) is 0 Å². The number of rotatable bonds is 3. The van der Waals surface area contributed by atoms with Crippen LogP contribution in [-0.2, 0) is 0 Å². The monoisotopic (exact) mass is 304 g/mol. The lowest BCUT2D eigenvalue weighted by molar-refractivity contribution is 0.171. The summed E-state index contributed by atoms with van der Waals surface area (Å²) in [7, 11) is 0. The lowest BCUT2D eigenvalue weighted by Crippen LogP contribution is -2.16. The number of fused-ring (bicyclic) bond motifs is 1. The van der Waals surface area contributed by atoms with E-state index in [0.717, 1.165) is 28.3 Å².